The molecular weight excluding hydrogens is 898 g/mol. The Hall–Kier alpha value is -5.77. The molecule has 0 fully saturated rings. The second-order valence-electron chi connectivity index (χ2n) is 17.1. The van der Waals surface area contributed by atoms with Gasteiger partial charge in [-0.1, -0.05) is 193 Å². The maximum atomic E-state index is 4.96. The molecule has 0 aliphatic carbocycles. The Balaban J connectivity index is 0.000000179. The van der Waals surface area contributed by atoms with Gasteiger partial charge in [-0.3, -0.25) is 4.98 Å². The normalized spacial score (nSPS) is 12.7. The third-order valence-corrected chi connectivity index (χ3v) is 11.1. The summed E-state index contributed by atoms with van der Waals surface area (Å²) < 4.78 is 0. The van der Waals surface area contributed by atoms with Gasteiger partial charge < -0.3 is 5.32 Å². The average molecular weight is 947 g/mol. The summed E-state index contributed by atoms with van der Waals surface area (Å²) >= 11 is 0. The van der Waals surface area contributed by atoms with E-state index in [1.807, 2.05) is 24.4 Å². The van der Waals surface area contributed by atoms with Crippen molar-refractivity contribution < 1.29 is 22.4 Å². The quantitative estimate of drug-likeness (QED) is 0.125. The van der Waals surface area contributed by atoms with Gasteiger partial charge in [0.2, 0.25) is 0 Å². The zero-order chi connectivity index (χ0) is 40.3. The zero-order valence-electron chi connectivity index (χ0n) is 34.6. The van der Waals surface area contributed by atoms with Gasteiger partial charge in [0.25, 0.3) is 0 Å². The van der Waals surface area contributed by atoms with Crippen LogP contribution in [0.3, 0.4) is 0 Å². The minimum absolute atomic E-state index is 0. The van der Waals surface area contributed by atoms with Gasteiger partial charge in [0, 0.05) is 11.9 Å². The van der Waals surface area contributed by atoms with Gasteiger partial charge in [-0.25, -0.2) is 5.56 Å². The molecule has 1 aliphatic heterocycles. The molecule has 7 aromatic carbocycles. The van der Waals surface area contributed by atoms with E-state index in [0.717, 1.165) is 39.3 Å². The molecule has 2 nitrogen and oxygen atoms in total. The Kier molecular flexibility index (Phi) is 12.1. The largest absolute Gasteiger partial charge is 3.00 e. The van der Waals surface area contributed by atoms with Gasteiger partial charge in [-0.15, -0.1) is 34.6 Å². The molecule has 0 saturated carbocycles. The average Bonchev–Trinajstić information content (AvgIpc) is 3.26. The molecule has 8 aromatic rings. The summed E-state index contributed by atoms with van der Waals surface area (Å²) in [5.74, 6) is 0. The molecule has 1 aromatic heterocycles. The first-order chi connectivity index (χ1) is 28.0. The van der Waals surface area contributed by atoms with Crippen LogP contribution in [0.15, 0.2) is 188 Å². The minimum atomic E-state index is -0.364. The molecule has 294 valence electrons. The van der Waals surface area contributed by atoms with Crippen molar-refractivity contribution in [3.8, 4) is 33.5 Å². The molecule has 9 rings (SSSR count). The summed E-state index contributed by atoms with van der Waals surface area (Å²) in [5.41, 5.74) is 15.9. The number of aromatic nitrogens is 1. The van der Waals surface area contributed by atoms with Crippen LogP contribution < -0.4 is 0 Å². The van der Waals surface area contributed by atoms with Crippen molar-refractivity contribution >= 4 is 11.4 Å². The summed E-state index contributed by atoms with van der Waals surface area (Å²) in [7, 11) is 0. The number of fused-ring (bicyclic) bond motifs is 2. The van der Waals surface area contributed by atoms with Crippen molar-refractivity contribution in [2.75, 3.05) is 0 Å². The first kappa shape index (κ1) is 41.4. The van der Waals surface area contributed by atoms with Crippen LogP contribution >= 0.6 is 0 Å². The van der Waals surface area contributed by atoms with E-state index in [1.54, 1.807) is 0 Å². The van der Waals surface area contributed by atoms with Gasteiger partial charge in [0.1, 0.15) is 0 Å². The summed E-state index contributed by atoms with van der Waals surface area (Å²) in [6.45, 7) is 13.4. The van der Waals surface area contributed by atoms with Gasteiger partial charge in [0.05, 0.1) is 5.41 Å². The van der Waals surface area contributed by atoms with Gasteiger partial charge in [-0.05, 0) is 50.3 Å². The van der Waals surface area contributed by atoms with Crippen molar-refractivity contribution in [3.05, 3.63) is 239 Å². The summed E-state index contributed by atoms with van der Waals surface area (Å²) in [5, 5.41) is 4.96. The Morgan fingerprint density at radius 1 is 0.475 bits per heavy atom. The maximum absolute atomic E-state index is 4.96. The van der Waals surface area contributed by atoms with Crippen molar-refractivity contribution in [1.29, 1.82) is 0 Å². The number of benzene rings is 7. The van der Waals surface area contributed by atoms with Crippen molar-refractivity contribution in [1.82, 2.24) is 4.98 Å². The van der Waals surface area contributed by atoms with Crippen molar-refractivity contribution in [2.24, 2.45) is 0 Å². The zero-order valence-corrected chi connectivity index (χ0v) is 36.8. The summed E-state index contributed by atoms with van der Waals surface area (Å²) in [4.78, 5) is 4.57. The molecule has 0 unspecified atom stereocenters. The monoisotopic (exact) mass is 946 g/mol. The minimum Gasteiger partial charge on any atom is -0.657 e. The Labute approximate surface area is 367 Å². The second kappa shape index (κ2) is 17.2. The predicted molar refractivity (Wildman–Crippen MR) is 243 cm³/mol. The third kappa shape index (κ3) is 8.54. The van der Waals surface area contributed by atoms with Crippen LogP contribution in [0.2, 0.25) is 0 Å². The Bertz CT molecular complexity index is 2460. The molecule has 2 heterocycles. The predicted octanol–water partition coefficient (Wildman–Crippen LogP) is 15.0. The summed E-state index contributed by atoms with van der Waals surface area (Å²) in [6, 6.07) is 71.4. The molecule has 0 atom stereocenters. The molecule has 1 aliphatic rings. The van der Waals surface area contributed by atoms with Crippen LogP contribution in [-0.4, -0.2) is 4.98 Å². The van der Waals surface area contributed by atoms with E-state index in [-0.39, 0.29) is 38.6 Å². The third-order valence-electron chi connectivity index (χ3n) is 11.1. The van der Waals surface area contributed by atoms with E-state index in [4.69, 9.17) is 5.32 Å². The Morgan fingerprint density at radius 3 is 1.49 bits per heavy atom. The molecule has 0 amide bonds. The van der Waals surface area contributed by atoms with Gasteiger partial charge in [0.15, 0.2) is 0 Å². The maximum Gasteiger partial charge on any atom is 3.00 e. The number of pyridine rings is 1. The van der Waals surface area contributed by atoms with Crippen LogP contribution in [-0.2, 0) is 38.6 Å². The van der Waals surface area contributed by atoms with E-state index < -0.39 is 0 Å². The second-order valence-corrected chi connectivity index (χ2v) is 17.1. The van der Waals surface area contributed by atoms with E-state index >= 15 is 0 Å². The molecule has 0 N–H and O–H groups in total. The van der Waals surface area contributed by atoms with Crippen LogP contribution in [0.4, 0.5) is 11.4 Å². The van der Waals surface area contributed by atoms with Crippen molar-refractivity contribution in [3.63, 3.8) is 0 Å². The first-order valence-corrected chi connectivity index (χ1v) is 20.2. The summed E-state index contributed by atoms with van der Waals surface area (Å²) in [6.07, 6.45) is 1.83. The molecule has 59 heavy (non-hydrogen) atoms. The topological polar surface area (TPSA) is 27.0 Å². The van der Waals surface area contributed by atoms with Gasteiger partial charge in [-0.2, -0.15) is 35.9 Å². The molecule has 0 saturated heterocycles. The van der Waals surface area contributed by atoms with E-state index in [2.05, 4.69) is 222 Å². The number of rotatable bonds is 5. The molecule has 0 radical (unpaired) electrons. The van der Waals surface area contributed by atoms with Crippen LogP contribution in [0.25, 0.3) is 38.8 Å². The first-order valence-electron chi connectivity index (χ1n) is 20.2. The van der Waals surface area contributed by atoms with E-state index in [1.165, 1.54) is 38.9 Å². The van der Waals surface area contributed by atoms with E-state index in [0.29, 0.717) is 0 Å². The fourth-order valence-corrected chi connectivity index (χ4v) is 7.98. The van der Waals surface area contributed by atoms with Gasteiger partial charge >= 0.3 is 22.4 Å². The van der Waals surface area contributed by atoms with E-state index in [9.17, 15) is 0 Å². The van der Waals surface area contributed by atoms with Crippen LogP contribution in [0, 0.1) is 12.1 Å². The SMILES string of the molecule is CC(C)(C)c1c[c-]c(-c2[c-]c(-c3ccccn3)cc(-c3ccc(C(C)(C)C)cc3)c2)cc1.[Au+3].c1ccc(C2(c3ccccc3)c3ccccc3[N-]c3ccccc32)cc1. The smallest absolute Gasteiger partial charge is 0.657 e. The Morgan fingerprint density at radius 2 is 0.983 bits per heavy atom. The van der Waals surface area contributed by atoms with Crippen LogP contribution in [0.1, 0.15) is 74.9 Å². The fraction of sp³-hybridized carbons (Fsp3) is 0.161. The van der Waals surface area contributed by atoms with Crippen LogP contribution in [0.5, 0.6) is 0 Å². The number of hydrogen-bond donors (Lipinski definition) is 0. The fourth-order valence-electron chi connectivity index (χ4n) is 7.98. The molecular formula is C56H49AuN2. The standard InChI is InChI=1S/C31H31N.C25H18N.Au/c1-30(2,3)27-14-10-22(11-15-27)24-19-25(21-26(20-24)29-9-7-8-18-32-29)23-12-16-28(17-13-23)31(4,5)6;1-3-11-19(12-4-1)25(20-13-5-2-6-14-20)21-15-7-9-17-23(21)26-24-18-10-8-16-22(24)25;/h7-12,14-20H,1-6H3;1-18H;/q-2;-1;+3. The number of nitrogens with zero attached hydrogens (tertiary/aromatic N) is 2. The number of hydrogen-bond acceptors (Lipinski definition) is 1. The molecule has 0 bridgehead atoms. The molecule has 0 spiro atoms. The van der Waals surface area contributed by atoms with Crippen molar-refractivity contribution in [2.45, 2.75) is 57.8 Å². The number of para-hydroxylation sites is 2. The molecule has 3 heteroatoms.